The lowest BCUT2D eigenvalue weighted by Crippen LogP contribution is -2.37. The monoisotopic (exact) mass is 487 g/mol. The molecule has 0 amide bonds. The second-order valence-electron chi connectivity index (χ2n) is 9.11. The van der Waals surface area contributed by atoms with Crippen molar-refractivity contribution in [2.75, 3.05) is 18.0 Å². The molecule has 4 heterocycles. The molecular weight excluding hydrogens is 459 g/mol. The zero-order valence-electron chi connectivity index (χ0n) is 19.9. The number of alkyl halides is 3. The first-order valence-corrected chi connectivity index (χ1v) is 11.5. The Hall–Kier alpha value is -3.27. The second kappa shape index (κ2) is 9.77. The van der Waals surface area contributed by atoms with Crippen molar-refractivity contribution < 1.29 is 23.1 Å². The number of Topliss-reactive ketones (excluding diaryl/α,β-unsaturated/α-hetero) is 1. The number of hydrogen-bond acceptors (Lipinski definition) is 6. The average molecular weight is 488 g/mol. The lowest BCUT2D eigenvalue weighted by molar-refractivity contribution is -0.137. The maximum absolute atomic E-state index is 13.0. The van der Waals surface area contributed by atoms with E-state index < -0.39 is 11.7 Å². The maximum Gasteiger partial charge on any atom is 0.417 e. The van der Waals surface area contributed by atoms with Gasteiger partial charge in [-0.1, -0.05) is 6.07 Å². The van der Waals surface area contributed by atoms with Crippen molar-refractivity contribution in [3.63, 3.8) is 0 Å². The summed E-state index contributed by atoms with van der Waals surface area (Å²) in [6.45, 7) is 7.15. The van der Waals surface area contributed by atoms with Crippen molar-refractivity contribution in [1.82, 2.24) is 19.7 Å². The number of carbonyl (C=O) groups is 1. The fraction of sp³-hybridized carbons (Fsp3) is 0.440. The molecule has 0 spiro atoms. The molecule has 1 aliphatic heterocycles. The van der Waals surface area contributed by atoms with Gasteiger partial charge in [0.1, 0.15) is 5.82 Å². The molecule has 1 aliphatic rings. The molecule has 0 aliphatic carbocycles. The number of aliphatic hydroxyl groups is 1. The number of aromatic nitrogens is 4. The third-order valence-electron chi connectivity index (χ3n) is 6.60. The van der Waals surface area contributed by atoms with Gasteiger partial charge >= 0.3 is 6.18 Å². The van der Waals surface area contributed by atoms with Crippen LogP contribution in [0.3, 0.4) is 0 Å². The Morgan fingerprint density at radius 3 is 2.43 bits per heavy atom. The van der Waals surface area contributed by atoms with E-state index in [0.717, 1.165) is 55.1 Å². The highest BCUT2D eigenvalue weighted by molar-refractivity contribution is 5.98. The topological polar surface area (TPSA) is 84.1 Å². The Balaban J connectivity index is 1.45. The van der Waals surface area contributed by atoms with E-state index in [2.05, 4.69) is 20.0 Å². The summed E-state index contributed by atoms with van der Waals surface area (Å²) < 4.78 is 39.8. The number of piperidine rings is 1. The van der Waals surface area contributed by atoms with Crippen LogP contribution in [0.5, 0.6) is 0 Å². The highest BCUT2D eigenvalue weighted by Gasteiger charge is 2.31. The van der Waals surface area contributed by atoms with Gasteiger partial charge in [0.05, 0.1) is 29.1 Å². The number of pyridine rings is 2. The summed E-state index contributed by atoms with van der Waals surface area (Å²) >= 11 is 0. The minimum Gasteiger partial charge on any atom is -0.393 e. The number of anilines is 1. The quantitative estimate of drug-likeness (QED) is 0.522. The summed E-state index contributed by atoms with van der Waals surface area (Å²) in [5.41, 5.74) is 1.79. The van der Waals surface area contributed by atoms with E-state index in [0.29, 0.717) is 17.2 Å². The largest absolute Gasteiger partial charge is 0.417 e. The fourth-order valence-corrected chi connectivity index (χ4v) is 4.52. The third-order valence-corrected chi connectivity index (χ3v) is 6.60. The van der Waals surface area contributed by atoms with Crippen LogP contribution in [0.25, 0.3) is 5.82 Å². The predicted octanol–water partition coefficient (Wildman–Crippen LogP) is 4.32. The first kappa shape index (κ1) is 24.8. The van der Waals surface area contributed by atoms with Crippen LogP contribution in [-0.4, -0.2) is 49.8 Å². The molecule has 0 saturated carbocycles. The third kappa shape index (κ3) is 5.37. The fourth-order valence-electron chi connectivity index (χ4n) is 4.52. The van der Waals surface area contributed by atoms with Crippen LogP contribution in [0.1, 0.15) is 52.5 Å². The van der Waals surface area contributed by atoms with Crippen LogP contribution in [0.15, 0.2) is 36.8 Å². The van der Waals surface area contributed by atoms with Gasteiger partial charge in [-0.15, -0.1) is 0 Å². The lowest BCUT2D eigenvalue weighted by Gasteiger charge is -2.34. The lowest BCUT2D eigenvalue weighted by atomic mass is 9.92. The summed E-state index contributed by atoms with van der Waals surface area (Å²) in [5, 5.41) is 14.0. The number of nitrogens with zero attached hydrogens (tertiary/aromatic N) is 5. The minimum absolute atomic E-state index is 0.130. The number of hydrogen-bond donors (Lipinski definition) is 1. The van der Waals surface area contributed by atoms with Gasteiger partial charge in [0.2, 0.25) is 0 Å². The molecule has 0 bridgehead atoms. The molecule has 3 aromatic heterocycles. The smallest absolute Gasteiger partial charge is 0.393 e. The van der Waals surface area contributed by atoms with Gasteiger partial charge in [0.25, 0.3) is 0 Å². The molecule has 1 unspecified atom stereocenters. The number of ketones is 1. The van der Waals surface area contributed by atoms with E-state index in [9.17, 15) is 23.1 Å². The molecule has 35 heavy (non-hydrogen) atoms. The van der Waals surface area contributed by atoms with Crippen LogP contribution < -0.4 is 4.90 Å². The number of aliphatic hydroxyl groups excluding tert-OH is 1. The molecule has 7 nitrogen and oxygen atoms in total. The van der Waals surface area contributed by atoms with Gasteiger partial charge in [-0.25, -0.2) is 14.6 Å². The van der Waals surface area contributed by atoms with Crippen molar-refractivity contribution in [2.45, 2.75) is 52.3 Å². The van der Waals surface area contributed by atoms with E-state index in [4.69, 9.17) is 0 Å². The molecule has 0 aromatic carbocycles. The molecule has 1 fully saturated rings. The van der Waals surface area contributed by atoms with Gasteiger partial charge in [-0.3, -0.25) is 4.79 Å². The molecule has 0 radical (unpaired) electrons. The van der Waals surface area contributed by atoms with Gasteiger partial charge in [-0.2, -0.15) is 18.3 Å². The first-order valence-electron chi connectivity index (χ1n) is 11.5. The Kier molecular flexibility index (Phi) is 6.93. The Labute approximate surface area is 201 Å². The summed E-state index contributed by atoms with van der Waals surface area (Å²) in [5.74, 6) is 1.25. The van der Waals surface area contributed by atoms with Crippen molar-refractivity contribution in [3.05, 3.63) is 64.7 Å². The Bertz CT molecular complexity index is 1200. The number of aryl methyl sites for hydroxylation is 1. The van der Waals surface area contributed by atoms with E-state index in [1.165, 1.54) is 16.9 Å². The predicted molar refractivity (Wildman–Crippen MR) is 125 cm³/mol. The van der Waals surface area contributed by atoms with Crippen molar-refractivity contribution in [3.8, 4) is 5.82 Å². The van der Waals surface area contributed by atoms with E-state index in [-0.39, 0.29) is 24.1 Å². The van der Waals surface area contributed by atoms with Gasteiger partial charge in [0, 0.05) is 31.9 Å². The van der Waals surface area contributed by atoms with Crippen LogP contribution in [0.2, 0.25) is 0 Å². The maximum atomic E-state index is 13.0. The van der Waals surface area contributed by atoms with Crippen molar-refractivity contribution >= 4 is 11.6 Å². The Morgan fingerprint density at radius 1 is 1.14 bits per heavy atom. The number of halogens is 3. The summed E-state index contributed by atoms with van der Waals surface area (Å²) in [6.07, 6.45) is 1.05. The van der Waals surface area contributed by atoms with E-state index >= 15 is 0 Å². The SMILES string of the molecule is Cc1cc(CC(=O)c2cnn(-c3ccc(C(F)(F)F)cn3)c2C)cnc1N1CCC(C(C)O)CC1. The zero-order chi connectivity index (χ0) is 25.3. The standard InChI is InChI=1S/C25H28F3N5O2/c1-15-10-18(12-30-24(15)32-8-6-19(7-9-32)17(3)34)11-22(35)21-14-31-33(16(21)2)23-5-4-20(13-29-23)25(26,27)28/h4-5,10,12-14,17,19,34H,6-9,11H2,1-3H3. The van der Waals surface area contributed by atoms with E-state index in [1.54, 1.807) is 13.1 Å². The molecule has 186 valence electrons. The second-order valence-corrected chi connectivity index (χ2v) is 9.11. The van der Waals surface area contributed by atoms with E-state index in [1.807, 2.05) is 19.9 Å². The Morgan fingerprint density at radius 2 is 1.86 bits per heavy atom. The molecular formula is C25H28F3N5O2. The summed E-state index contributed by atoms with van der Waals surface area (Å²) in [4.78, 5) is 23.7. The molecule has 10 heteroatoms. The van der Waals surface area contributed by atoms with Crippen molar-refractivity contribution in [1.29, 1.82) is 0 Å². The van der Waals surface area contributed by atoms with Gasteiger partial charge in [0.15, 0.2) is 11.6 Å². The number of rotatable bonds is 6. The highest BCUT2D eigenvalue weighted by Crippen LogP contribution is 2.29. The normalized spacial score (nSPS) is 15.9. The molecule has 4 rings (SSSR count). The van der Waals surface area contributed by atoms with Crippen LogP contribution in [0, 0.1) is 19.8 Å². The number of carbonyl (C=O) groups excluding carboxylic acids is 1. The minimum atomic E-state index is -4.47. The van der Waals surface area contributed by atoms with Crippen LogP contribution in [0.4, 0.5) is 19.0 Å². The van der Waals surface area contributed by atoms with Crippen molar-refractivity contribution in [2.24, 2.45) is 5.92 Å². The van der Waals surface area contributed by atoms with Gasteiger partial charge in [-0.05, 0) is 62.8 Å². The molecule has 3 aromatic rings. The van der Waals surface area contributed by atoms with Crippen LogP contribution in [-0.2, 0) is 12.6 Å². The molecule has 1 atom stereocenters. The average Bonchev–Trinajstić information content (AvgIpc) is 3.20. The zero-order valence-corrected chi connectivity index (χ0v) is 19.9. The van der Waals surface area contributed by atoms with Crippen LogP contribution >= 0.6 is 0 Å². The molecule has 1 saturated heterocycles. The summed E-state index contributed by atoms with van der Waals surface area (Å²) in [7, 11) is 0. The van der Waals surface area contributed by atoms with Gasteiger partial charge < -0.3 is 10.0 Å². The molecule has 1 N–H and O–H groups in total. The summed E-state index contributed by atoms with van der Waals surface area (Å²) in [6, 6.07) is 4.12. The first-order chi connectivity index (χ1) is 16.5. The highest BCUT2D eigenvalue weighted by atomic mass is 19.4.